The van der Waals surface area contributed by atoms with E-state index in [2.05, 4.69) is 15.4 Å². The number of nitrogens with one attached hydrogen (secondary N) is 1. The molecule has 6 nitrogen and oxygen atoms in total. The second-order valence-corrected chi connectivity index (χ2v) is 7.00. The fraction of sp³-hybridized carbons (Fsp3) is 0.190. The molecule has 1 N–H and O–H groups in total. The molecule has 0 saturated carbocycles. The molecule has 0 aliphatic carbocycles. The Kier molecular flexibility index (Phi) is 5.41. The Labute approximate surface area is 178 Å². The lowest BCUT2D eigenvalue weighted by molar-refractivity contribution is -0.145. The molecule has 0 spiro atoms. The number of alkyl halides is 3. The van der Waals surface area contributed by atoms with Gasteiger partial charge in [-0.15, -0.1) is 5.10 Å². The van der Waals surface area contributed by atoms with Crippen LogP contribution in [-0.2, 0) is 22.3 Å². The number of halogens is 5. The van der Waals surface area contributed by atoms with Crippen LogP contribution in [0.1, 0.15) is 29.9 Å². The van der Waals surface area contributed by atoms with Crippen molar-refractivity contribution in [3.8, 4) is 0 Å². The molecule has 0 amide bonds. The number of esters is 1. The average Bonchev–Trinajstić information content (AvgIpc) is 3.16. The zero-order valence-corrected chi connectivity index (χ0v) is 16.5. The second-order valence-electron chi connectivity index (χ2n) is 7.00. The highest BCUT2D eigenvalue weighted by Gasteiger charge is 2.42. The fourth-order valence-corrected chi connectivity index (χ4v) is 3.35. The van der Waals surface area contributed by atoms with E-state index >= 15 is 0 Å². The van der Waals surface area contributed by atoms with Crippen molar-refractivity contribution in [3.63, 3.8) is 0 Å². The third-order valence-corrected chi connectivity index (χ3v) is 4.80. The number of ether oxygens (including phenoxy) is 1. The summed E-state index contributed by atoms with van der Waals surface area (Å²) in [6.07, 6.45) is -4.88. The van der Waals surface area contributed by atoms with E-state index in [9.17, 15) is 26.7 Å². The summed E-state index contributed by atoms with van der Waals surface area (Å²) in [5.41, 5.74) is 0.329. The van der Waals surface area contributed by atoms with E-state index in [1.807, 2.05) is 0 Å². The number of benzene rings is 2. The van der Waals surface area contributed by atoms with Gasteiger partial charge in [0.2, 0.25) is 5.95 Å². The summed E-state index contributed by atoms with van der Waals surface area (Å²) in [6, 6.07) is 9.78. The molecule has 1 atom stereocenters. The predicted octanol–water partition coefficient (Wildman–Crippen LogP) is 4.61. The number of hydrogen-bond acceptors (Lipinski definition) is 5. The molecule has 0 unspecified atom stereocenters. The van der Waals surface area contributed by atoms with Crippen molar-refractivity contribution < 1.29 is 31.5 Å². The Morgan fingerprint density at radius 2 is 1.88 bits per heavy atom. The van der Waals surface area contributed by atoms with Gasteiger partial charge in [0.25, 0.3) is 5.82 Å². The van der Waals surface area contributed by atoms with Gasteiger partial charge in [-0.1, -0.05) is 36.4 Å². The van der Waals surface area contributed by atoms with E-state index in [1.165, 1.54) is 6.92 Å². The van der Waals surface area contributed by atoms with E-state index in [4.69, 9.17) is 4.74 Å². The van der Waals surface area contributed by atoms with Crippen LogP contribution in [-0.4, -0.2) is 20.7 Å². The molecule has 166 valence electrons. The van der Waals surface area contributed by atoms with Crippen molar-refractivity contribution in [2.75, 3.05) is 5.32 Å². The summed E-state index contributed by atoms with van der Waals surface area (Å²) in [7, 11) is 0. The number of fused-ring (bicyclic) bond motifs is 1. The minimum atomic E-state index is -4.88. The molecule has 1 aliphatic heterocycles. The van der Waals surface area contributed by atoms with Crippen molar-refractivity contribution in [1.82, 2.24) is 14.8 Å². The number of aromatic nitrogens is 3. The van der Waals surface area contributed by atoms with Gasteiger partial charge in [0.15, 0.2) is 0 Å². The molecular weight excluding hydrogens is 435 g/mol. The molecule has 11 heteroatoms. The molecule has 2 aromatic carbocycles. The lowest BCUT2D eigenvalue weighted by atomic mass is 9.95. The van der Waals surface area contributed by atoms with Crippen LogP contribution in [0.15, 0.2) is 59.8 Å². The molecule has 0 saturated heterocycles. The number of nitrogens with zero attached hydrogens (tertiary/aromatic N) is 3. The van der Waals surface area contributed by atoms with Crippen LogP contribution in [0.3, 0.4) is 0 Å². The van der Waals surface area contributed by atoms with Gasteiger partial charge in [-0.05, 0) is 18.6 Å². The van der Waals surface area contributed by atoms with Gasteiger partial charge >= 0.3 is 12.1 Å². The first-order chi connectivity index (χ1) is 15.1. The van der Waals surface area contributed by atoms with E-state index in [0.717, 1.165) is 16.8 Å². The highest BCUT2D eigenvalue weighted by molar-refractivity contribution is 5.92. The number of carbonyl (C=O) groups excluding carboxylic acids is 1. The smallest absolute Gasteiger partial charge is 0.453 e. The Morgan fingerprint density at radius 3 is 2.53 bits per heavy atom. The van der Waals surface area contributed by atoms with Gasteiger partial charge in [0.05, 0.1) is 5.57 Å². The summed E-state index contributed by atoms with van der Waals surface area (Å²) < 4.78 is 73.8. The molecule has 4 rings (SSSR count). The van der Waals surface area contributed by atoms with Crippen molar-refractivity contribution in [2.24, 2.45) is 0 Å². The van der Waals surface area contributed by atoms with Gasteiger partial charge in [-0.3, -0.25) is 0 Å². The van der Waals surface area contributed by atoms with Crippen LogP contribution < -0.4 is 5.32 Å². The second kappa shape index (κ2) is 8.06. The maximum absolute atomic E-state index is 14.7. The normalized spacial score (nSPS) is 15.9. The summed E-state index contributed by atoms with van der Waals surface area (Å²) in [5.74, 6) is -4.67. The Morgan fingerprint density at radius 1 is 1.16 bits per heavy atom. The van der Waals surface area contributed by atoms with Gasteiger partial charge in [0.1, 0.15) is 24.3 Å². The zero-order valence-electron chi connectivity index (χ0n) is 16.5. The minimum absolute atomic E-state index is 0.102. The van der Waals surface area contributed by atoms with Crippen LogP contribution in [0.5, 0.6) is 0 Å². The van der Waals surface area contributed by atoms with Crippen LogP contribution in [0.25, 0.3) is 0 Å². The molecule has 1 aliphatic rings. The topological polar surface area (TPSA) is 69.0 Å². The summed E-state index contributed by atoms with van der Waals surface area (Å²) in [4.78, 5) is 16.4. The lowest BCUT2D eigenvalue weighted by Crippen LogP contribution is -2.30. The summed E-state index contributed by atoms with van der Waals surface area (Å²) >= 11 is 0. The third-order valence-electron chi connectivity index (χ3n) is 4.80. The Balaban J connectivity index is 1.78. The standard InChI is InChI=1S/C21H15F5N4O2/c1-11-16(18(31)32-10-12-5-3-2-4-6-12)17(14-8-7-13(22)9-15(14)23)30-20(27-11)28-19(29-30)21(24,25)26/h2-9,17H,10H2,1H3,(H,27,28,29)/t17-/m0/s1. The molecule has 0 fully saturated rings. The summed E-state index contributed by atoms with van der Waals surface area (Å²) in [5, 5.41) is 6.03. The highest BCUT2D eigenvalue weighted by Crippen LogP contribution is 2.39. The molecule has 0 bridgehead atoms. The van der Waals surface area contributed by atoms with Crippen molar-refractivity contribution in [1.29, 1.82) is 0 Å². The van der Waals surface area contributed by atoms with Crippen molar-refractivity contribution in [3.05, 3.63) is 88.4 Å². The predicted molar refractivity (Wildman–Crippen MR) is 102 cm³/mol. The van der Waals surface area contributed by atoms with Crippen molar-refractivity contribution in [2.45, 2.75) is 25.7 Å². The van der Waals surface area contributed by atoms with Crippen LogP contribution in [0.4, 0.5) is 27.9 Å². The molecule has 0 radical (unpaired) electrons. The number of anilines is 1. The quantitative estimate of drug-likeness (QED) is 0.465. The molecule has 1 aromatic heterocycles. The zero-order chi connectivity index (χ0) is 23.0. The Bertz CT molecular complexity index is 1200. The highest BCUT2D eigenvalue weighted by atomic mass is 19.4. The number of allylic oxidation sites excluding steroid dienone is 1. The molecule has 3 aromatic rings. The largest absolute Gasteiger partial charge is 0.457 e. The SMILES string of the molecule is CC1=C(C(=O)OCc2ccccc2)[C@H](c2ccc(F)cc2F)n2nc(C(F)(F)F)nc2N1. The first-order valence-corrected chi connectivity index (χ1v) is 9.32. The number of rotatable bonds is 4. The maximum atomic E-state index is 14.7. The third kappa shape index (κ3) is 4.05. The van der Waals surface area contributed by atoms with Gasteiger partial charge < -0.3 is 10.1 Å². The fourth-order valence-electron chi connectivity index (χ4n) is 3.35. The maximum Gasteiger partial charge on any atom is 0.453 e. The van der Waals surface area contributed by atoms with E-state index in [-0.39, 0.29) is 29.4 Å². The van der Waals surface area contributed by atoms with E-state index in [0.29, 0.717) is 11.6 Å². The van der Waals surface area contributed by atoms with Gasteiger partial charge in [-0.2, -0.15) is 18.2 Å². The minimum Gasteiger partial charge on any atom is -0.457 e. The number of carbonyl (C=O) groups is 1. The molecule has 2 heterocycles. The number of hydrogen-bond donors (Lipinski definition) is 1. The average molecular weight is 450 g/mol. The first-order valence-electron chi connectivity index (χ1n) is 9.32. The van der Waals surface area contributed by atoms with Gasteiger partial charge in [-0.25, -0.2) is 18.3 Å². The van der Waals surface area contributed by atoms with Crippen LogP contribution in [0.2, 0.25) is 0 Å². The monoisotopic (exact) mass is 450 g/mol. The Hall–Kier alpha value is -3.76. The lowest BCUT2D eigenvalue weighted by Gasteiger charge is -2.28. The van der Waals surface area contributed by atoms with Crippen LogP contribution >= 0.6 is 0 Å². The van der Waals surface area contributed by atoms with Crippen LogP contribution in [0, 0.1) is 11.6 Å². The van der Waals surface area contributed by atoms with Gasteiger partial charge in [0, 0.05) is 17.3 Å². The van der Waals surface area contributed by atoms with E-state index < -0.39 is 35.6 Å². The van der Waals surface area contributed by atoms with E-state index in [1.54, 1.807) is 30.3 Å². The summed E-state index contributed by atoms with van der Waals surface area (Å²) in [6.45, 7) is 1.30. The first kappa shape index (κ1) is 21.5. The molecule has 32 heavy (non-hydrogen) atoms. The van der Waals surface area contributed by atoms with Crippen molar-refractivity contribution >= 4 is 11.9 Å². The molecular formula is C21H15F5N4O2.